The summed E-state index contributed by atoms with van der Waals surface area (Å²) in [7, 11) is 0. The highest BCUT2D eigenvalue weighted by Gasteiger charge is 2.09. The van der Waals surface area contributed by atoms with Gasteiger partial charge in [-0.2, -0.15) is 0 Å². The van der Waals surface area contributed by atoms with Crippen LogP contribution < -0.4 is 5.63 Å². The fourth-order valence-electron chi connectivity index (χ4n) is 1.14. The molecule has 0 aromatic carbocycles. The molecule has 1 N–H and O–H groups in total. The number of carbonyl (C=O) groups excluding carboxylic acids is 2. The summed E-state index contributed by atoms with van der Waals surface area (Å²) >= 11 is 0. The Morgan fingerprint density at radius 1 is 1.40 bits per heavy atom. The normalized spacial score (nSPS) is 9.93. The number of Topliss-reactive ketones (excluding diaryl/α,β-unsaturated/α-hetero) is 2. The van der Waals surface area contributed by atoms with Crippen LogP contribution in [0.15, 0.2) is 21.3 Å². The van der Waals surface area contributed by atoms with Gasteiger partial charge in [-0.25, -0.2) is 4.79 Å². The first-order valence-corrected chi connectivity index (χ1v) is 4.31. The average Bonchev–Trinajstić information content (AvgIpc) is 1.98. The summed E-state index contributed by atoms with van der Waals surface area (Å²) in [6.07, 6.45) is -0.359. The van der Waals surface area contributed by atoms with Crippen molar-refractivity contribution in [2.45, 2.75) is 19.8 Å². The Bertz CT molecular complexity index is 443. The molecule has 0 saturated heterocycles. The molecule has 1 heterocycles. The van der Waals surface area contributed by atoms with E-state index in [4.69, 9.17) is 5.11 Å². The topological polar surface area (TPSA) is 84.6 Å². The lowest BCUT2D eigenvalue weighted by atomic mass is 10.1. The van der Waals surface area contributed by atoms with Gasteiger partial charge >= 0.3 is 5.63 Å². The molecule has 5 nitrogen and oxygen atoms in total. The highest BCUT2D eigenvalue weighted by atomic mass is 16.4. The largest absolute Gasteiger partial charge is 0.508 e. The zero-order chi connectivity index (χ0) is 11.4. The minimum Gasteiger partial charge on any atom is -0.508 e. The zero-order valence-corrected chi connectivity index (χ0v) is 8.15. The number of hydrogen-bond acceptors (Lipinski definition) is 5. The molecule has 5 heteroatoms. The Balaban J connectivity index is 2.76. The van der Waals surface area contributed by atoms with E-state index < -0.39 is 5.63 Å². The summed E-state index contributed by atoms with van der Waals surface area (Å²) < 4.78 is 4.66. The molecule has 1 rings (SSSR count). The van der Waals surface area contributed by atoms with Crippen LogP contribution in [0.3, 0.4) is 0 Å². The van der Waals surface area contributed by atoms with Gasteiger partial charge < -0.3 is 9.52 Å². The van der Waals surface area contributed by atoms with Gasteiger partial charge in [-0.05, 0) is 6.92 Å². The number of hydrogen-bond donors (Lipinski definition) is 1. The summed E-state index contributed by atoms with van der Waals surface area (Å²) in [5.41, 5.74) is -0.722. The van der Waals surface area contributed by atoms with E-state index in [0.717, 1.165) is 6.07 Å². The maximum atomic E-state index is 11.2. The second-order valence-electron chi connectivity index (χ2n) is 3.20. The molecule has 0 saturated carbocycles. The molecule has 1 aromatic heterocycles. The number of aromatic hydroxyl groups is 1. The molecule has 1 aromatic rings. The van der Waals surface area contributed by atoms with Gasteiger partial charge in [0.05, 0.1) is 18.9 Å². The minimum absolute atomic E-state index is 0.0613. The van der Waals surface area contributed by atoms with E-state index in [9.17, 15) is 14.4 Å². The Morgan fingerprint density at radius 2 is 2.07 bits per heavy atom. The minimum atomic E-state index is -0.722. The zero-order valence-electron chi connectivity index (χ0n) is 8.15. The van der Waals surface area contributed by atoms with Crippen molar-refractivity contribution in [3.63, 3.8) is 0 Å². The van der Waals surface area contributed by atoms with Crippen molar-refractivity contribution in [2.75, 3.05) is 0 Å². The van der Waals surface area contributed by atoms with Crippen molar-refractivity contribution in [3.8, 4) is 5.75 Å². The Morgan fingerprint density at radius 3 is 2.60 bits per heavy atom. The second-order valence-corrected chi connectivity index (χ2v) is 3.20. The van der Waals surface area contributed by atoms with Crippen molar-refractivity contribution in [1.82, 2.24) is 0 Å². The van der Waals surface area contributed by atoms with Gasteiger partial charge in [0.1, 0.15) is 23.1 Å². The van der Waals surface area contributed by atoms with E-state index in [1.165, 1.54) is 13.0 Å². The van der Waals surface area contributed by atoms with Crippen molar-refractivity contribution in [2.24, 2.45) is 0 Å². The maximum absolute atomic E-state index is 11.2. The Hall–Kier alpha value is -1.91. The standard InChI is InChI=1S/C10H10O5/c1-6(11)2-7(12)3-9-4-8(13)5-10(14)15-9/h4-5,13H,2-3H2,1H3. The summed E-state index contributed by atoms with van der Waals surface area (Å²) in [6.45, 7) is 1.30. The molecule has 0 spiro atoms. The van der Waals surface area contributed by atoms with Crippen LogP contribution in [0.5, 0.6) is 5.75 Å². The van der Waals surface area contributed by atoms with Gasteiger partial charge in [-0.3, -0.25) is 9.59 Å². The summed E-state index contributed by atoms with van der Waals surface area (Å²) in [4.78, 5) is 32.6. The summed E-state index contributed by atoms with van der Waals surface area (Å²) in [5.74, 6) is -0.790. The number of ketones is 2. The SMILES string of the molecule is CC(=O)CC(=O)Cc1cc(O)cc(=O)o1. The van der Waals surface area contributed by atoms with Gasteiger partial charge in [0.15, 0.2) is 0 Å². The van der Waals surface area contributed by atoms with E-state index in [0.29, 0.717) is 0 Å². The first-order chi connectivity index (χ1) is 6.97. The third-order valence-corrected chi connectivity index (χ3v) is 1.62. The molecule has 0 bridgehead atoms. The molecule has 0 unspecified atom stereocenters. The van der Waals surface area contributed by atoms with E-state index in [1.807, 2.05) is 0 Å². The van der Waals surface area contributed by atoms with E-state index in [2.05, 4.69) is 4.42 Å². The lowest BCUT2D eigenvalue weighted by Gasteiger charge is -1.98. The van der Waals surface area contributed by atoms with Crippen molar-refractivity contribution in [3.05, 3.63) is 28.3 Å². The van der Waals surface area contributed by atoms with Crippen molar-refractivity contribution < 1.29 is 19.1 Å². The highest BCUT2D eigenvalue weighted by Crippen LogP contribution is 2.09. The van der Waals surface area contributed by atoms with Crippen LogP contribution in [0, 0.1) is 0 Å². The van der Waals surface area contributed by atoms with Crippen molar-refractivity contribution in [1.29, 1.82) is 0 Å². The maximum Gasteiger partial charge on any atom is 0.339 e. The predicted molar refractivity (Wildman–Crippen MR) is 50.7 cm³/mol. The molecule has 15 heavy (non-hydrogen) atoms. The number of carbonyl (C=O) groups is 2. The van der Waals surface area contributed by atoms with E-state index in [1.54, 1.807) is 0 Å². The first kappa shape index (κ1) is 11.2. The van der Waals surface area contributed by atoms with Crippen LogP contribution in [-0.2, 0) is 16.0 Å². The smallest absolute Gasteiger partial charge is 0.339 e. The fraction of sp³-hybridized carbons (Fsp3) is 0.300. The van der Waals surface area contributed by atoms with Crippen LogP contribution in [0.25, 0.3) is 0 Å². The molecule has 0 amide bonds. The number of rotatable bonds is 4. The van der Waals surface area contributed by atoms with Crippen LogP contribution in [0.2, 0.25) is 0 Å². The lowest BCUT2D eigenvalue weighted by molar-refractivity contribution is -0.125. The average molecular weight is 210 g/mol. The summed E-state index contributed by atoms with van der Waals surface area (Å²) in [6, 6.07) is 2.08. The van der Waals surface area contributed by atoms with Crippen LogP contribution >= 0.6 is 0 Å². The molecule has 0 aliphatic carbocycles. The highest BCUT2D eigenvalue weighted by molar-refractivity contribution is 5.98. The molecule has 0 atom stereocenters. The Kier molecular flexibility index (Phi) is 3.38. The second kappa shape index (κ2) is 4.54. The van der Waals surface area contributed by atoms with E-state index >= 15 is 0 Å². The van der Waals surface area contributed by atoms with Gasteiger partial charge in [-0.1, -0.05) is 0 Å². The quantitative estimate of drug-likeness (QED) is 0.728. The van der Waals surface area contributed by atoms with Gasteiger partial charge in [0.2, 0.25) is 0 Å². The summed E-state index contributed by atoms with van der Waals surface area (Å²) in [5, 5.41) is 9.05. The van der Waals surface area contributed by atoms with Crippen molar-refractivity contribution >= 4 is 11.6 Å². The lowest BCUT2D eigenvalue weighted by Crippen LogP contribution is -2.09. The molecule has 80 valence electrons. The van der Waals surface area contributed by atoms with Crippen LogP contribution in [0.1, 0.15) is 19.1 Å². The molecule has 0 fully saturated rings. The van der Waals surface area contributed by atoms with Gasteiger partial charge in [-0.15, -0.1) is 0 Å². The molecule has 0 aliphatic heterocycles. The monoisotopic (exact) mass is 210 g/mol. The molecule has 0 radical (unpaired) electrons. The molecule has 0 aliphatic rings. The van der Waals surface area contributed by atoms with Crippen LogP contribution in [0.4, 0.5) is 0 Å². The fourth-order valence-corrected chi connectivity index (χ4v) is 1.14. The van der Waals surface area contributed by atoms with Crippen LogP contribution in [-0.4, -0.2) is 16.7 Å². The molecular weight excluding hydrogens is 200 g/mol. The predicted octanol–water partition coefficient (Wildman–Crippen LogP) is 0.436. The molecular formula is C10H10O5. The van der Waals surface area contributed by atoms with E-state index in [-0.39, 0.29) is 35.9 Å². The third-order valence-electron chi connectivity index (χ3n) is 1.62. The third kappa shape index (κ3) is 3.76. The Labute approximate surface area is 85.3 Å². The van der Waals surface area contributed by atoms with Gasteiger partial charge in [0, 0.05) is 6.07 Å². The first-order valence-electron chi connectivity index (χ1n) is 4.31. The van der Waals surface area contributed by atoms with Gasteiger partial charge in [0.25, 0.3) is 0 Å².